The van der Waals surface area contributed by atoms with Gasteiger partial charge in [-0.3, -0.25) is 0 Å². The van der Waals surface area contributed by atoms with E-state index in [-0.39, 0.29) is 18.6 Å². The van der Waals surface area contributed by atoms with E-state index in [4.69, 9.17) is 41.5 Å². The van der Waals surface area contributed by atoms with E-state index in [0.717, 1.165) is 52.8 Å². The Labute approximate surface area is 294 Å². The van der Waals surface area contributed by atoms with Crippen LogP contribution in [0.25, 0.3) is 0 Å². The molecule has 1 aliphatic heterocycles. The van der Waals surface area contributed by atoms with Gasteiger partial charge >= 0.3 is 5.97 Å². The minimum atomic E-state index is -1.08. The van der Waals surface area contributed by atoms with E-state index < -0.39 is 18.4 Å². The van der Waals surface area contributed by atoms with Crippen molar-refractivity contribution in [3.05, 3.63) is 134 Å². The molecule has 2 aromatic carbocycles. The van der Waals surface area contributed by atoms with Crippen LogP contribution < -0.4 is 14.1 Å². The van der Waals surface area contributed by atoms with Crippen LogP contribution in [0, 0.1) is 12.8 Å². The van der Waals surface area contributed by atoms with Gasteiger partial charge in [-0.05, 0) is 73.1 Å². The molecule has 3 aliphatic rings. The first-order valence-electron chi connectivity index (χ1n) is 15.3. The Morgan fingerprint density at radius 2 is 1.98 bits per heavy atom. The van der Waals surface area contributed by atoms with E-state index in [9.17, 15) is 9.90 Å². The minimum Gasteiger partial charge on any atom is -0.454 e. The first kappa shape index (κ1) is 34.6. The molecule has 242 valence electrons. The van der Waals surface area contributed by atoms with Crippen LogP contribution in [-0.2, 0) is 16.1 Å². The topological polar surface area (TPSA) is 108 Å². The highest BCUT2D eigenvalue weighted by molar-refractivity contribution is 14.1. The quantitative estimate of drug-likeness (QED) is 0.121. The molecular formula is C36H38Cl2IN2O5+. The number of aryl methyl sites for hydroxylation is 1. The number of halogens is 3. The first-order valence-corrected chi connectivity index (χ1v) is 16.9. The molecule has 2 aliphatic carbocycles. The molecule has 2 aromatic rings. The lowest BCUT2D eigenvalue weighted by molar-refractivity contribution is -0.580. The number of rotatable bonds is 12. The van der Waals surface area contributed by atoms with Crippen LogP contribution in [0.15, 0.2) is 112 Å². The van der Waals surface area contributed by atoms with Crippen LogP contribution >= 0.6 is 46.2 Å². The highest BCUT2D eigenvalue weighted by Gasteiger charge is 2.26. The van der Waals surface area contributed by atoms with Gasteiger partial charge in [0.15, 0.2) is 29.3 Å². The Morgan fingerprint density at radius 1 is 1.17 bits per heavy atom. The number of esters is 1. The number of nitrogens with two attached hydrogens (primary N) is 2. The van der Waals surface area contributed by atoms with E-state index >= 15 is 0 Å². The zero-order valence-electron chi connectivity index (χ0n) is 25.5. The predicted molar refractivity (Wildman–Crippen MR) is 189 cm³/mol. The second-order valence-electron chi connectivity index (χ2n) is 11.6. The number of carbonyl (C=O) groups excluding carboxylic acids is 1. The number of hydrogen-bond donors (Lipinski definition) is 3. The molecule has 1 heterocycles. The molecular weight excluding hydrogens is 738 g/mol. The maximum absolute atomic E-state index is 13.4. The van der Waals surface area contributed by atoms with E-state index in [1.807, 2.05) is 83.9 Å². The molecule has 0 spiro atoms. The standard InChI is InChI=1S/C36H37Cl2IN2O5/c1-22-16-26(14-15-32(22)46-39)33(18-29-30(37)19-41-20-31(29)38)45-36(43)25-12-10-23(11-13-25)21-44-35(42)28-9-5-8-27(17-28)34(40)24-6-3-2-4-7-24/h2-4,6,9-17,19,24,33-35,41-42H,5,7-8,18,20-21,40H2,1H3/p+1/t24?,33?,34-,35?/m0/s1. The van der Waals surface area contributed by atoms with Gasteiger partial charge in [0.2, 0.25) is 0 Å². The molecule has 46 heavy (non-hydrogen) atoms. The van der Waals surface area contributed by atoms with Crippen LogP contribution in [0.5, 0.6) is 5.75 Å². The molecule has 5 rings (SSSR count). The van der Waals surface area contributed by atoms with Gasteiger partial charge in [0.1, 0.15) is 24.6 Å². The summed E-state index contributed by atoms with van der Waals surface area (Å²) in [4.78, 5) is 13.4. The van der Waals surface area contributed by atoms with Gasteiger partial charge < -0.3 is 28.7 Å². The van der Waals surface area contributed by atoms with Crippen LogP contribution in [0.3, 0.4) is 0 Å². The van der Waals surface area contributed by atoms with Crippen molar-refractivity contribution in [2.45, 2.75) is 57.6 Å². The maximum Gasteiger partial charge on any atom is 0.338 e. The van der Waals surface area contributed by atoms with Crippen molar-refractivity contribution in [3.8, 4) is 5.75 Å². The van der Waals surface area contributed by atoms with Gasteiger partial charge in [-0.1, -0.05) is 83.4 Å². The van der Waals surface area contributed by atoms with Crippen LogP contribution in [0.2, 0.25) is 0 Å². The van der Waals surface area contributed by atoms with Crippen molar-refractivity contribution in [1.82, 2.24) is 0 Å². The fraction of sp³-hybridized carbons (Fsp3) is 0.306. The summed E-state index contributed by atoms with van der Waals surface area (Å²) in [5.41, 5.74) is 12.1. The number of aliphatic hydroxyl groups excluding tert-OH is 1. The summed E-state index contributed by atoms with van der Waals surface area (Å²) >= 11 is 14.9. The highest BCUT2D eigenvalue weighted by Crippen LogP contribution is 2.36. The molecule has 0 fully saturated rings. The summed E-state index contributed by atoms with van der Waals surface area (Å²) in [6.07, 6.45) is 15.3. The summed E-state index contributed by atoms with van der Waals surface area (Å²) in [6, 6.07) is 12.5. The number of carbonyl (C=O) groups is 1. The van der Waals surface area contributed by atoms with Gasteiger partial charge in [-0.15, -0.1) is 0 Å². The zero-order chi connectivity index (χ0) is 32.6. The number of aliphatic hydroxyl groups is 1. The Bertz CT molecular complexity index is 1610. The summed E-state index contributed by atoms with van der Waals surface area (Å²) in [7, 11) is 0. The maximum atomic E-state index is 13.4. The highest BCUT2D eigenvalue weighted by atomic mass is 127. The van der Waals surface area contributed by atoms with Gasteiger partial charge in [-0.2, -0.15) is 0 Å². The second kappa shape index (κ2) is 16.4. The lowest BCUT2D eigenvalue weighted by Gasteiger charge is -2.27. The van der Waals surface area contributed by atoms with Crippen molar-refractivity contribution in [2.24, 2.45) is 11.7 Å². The first-order chi connectivity index (χ1) is 22.2. The molecule has 0 radical (unpaired) electrons. The van der Waals surface area contributed by atoms with Crippen LogP contribution in [-0.4, -0.2) is 30.0 Å². The monoisotopic (exact) mass is 775 g/mol. The smallest absolute Gasteiger partial charge is 0.338 e. The Hall–Kier alpha value is -2.70. The molecule has 4 atom stereocenters. The number of hydrogen-bond acceptors (Lipinski definition) is 6. The van der Waals surface area contributed by atoms with Gasteiger partial charge in [0.25, 0.3) is 0 Å². The largest absolute Gasteiger partial charge is 0.454 e. The SMILES string of the molecule is Cc1cc(C(CC2=C(Cl)C[NH2+]C=C2Cl)OC(=O)c2ccc(COC(O)C3=CCCC([C@@H](N)C4C=CC=CC4)=C3)cc2)ccc1OI. The normalized spacial score (nSPS) is 20.0. The predicted octanol–water partition coefficient (Wildman–Crippen LogP) is 7.10. The van der Waals surface area contributed by atoms with E-state index in [2.05, 4.69) is 12.2 Å². The minimum absolute atomic E-state index is 0.0965. The van der Waals surface area contributed by atoms with Crippen LogP contribution in [0.1, 0.15) is 58.8 Å². The van der Waals surface area contributed by atoms with E-state index in [1.165, 1.54) is 0 Å². The lowest BCUT2D eigenvalue weighted by Crippen LogP contribution is -2.79. The average Bonchev–Trinajstić information content (AvgIpc) is 3.08. The van der Waals surface area contributed by atoms with E-state index in [1.54, 1.807) is 24.3 Å². The second-order valence-corrected chi connectivity index (χ2v) is 12.9. The van der Waals surface area contributed by atoms with Crippen molar-refractivity contribution in [2.75, 3.05) is 6.54 Å². The molecule has 3 unspecified atom stereocenters. The average molecular weight is 777 g/mol. The van der Waals surface area contributed by atoms with Crippen molar-refractivity contribution in [3.63, 3.8) is 0 Å². The molecule has 0 aromatic heterocycles. The molecule has 10 heteroatoms. The molecule has 0 amide bonds. The molecule has 0 saturated carbocycles. The summed E-state index contributed by atoms with van der Waals surface area (Å²) < 4.78 is 17.3. The molecule has 5 N–H and O–H groups in total. The molecule has 0 saturated heterocycles. The third kappa shape index (κ3) is 8.80. The van der Waals surface area contributed by atoms with Crippen molar-refractivity contribution in [1.29, 1.82) is 0 Å². The van der Waals surface area contributed by atoms with Gasteiger partial charge in [-0.25, -0.2) is 4.79 Å². The summed E-state index contributed by atoms with van der Waals surface area (Å²) in [5, 5.41) is 13.9. The summed E-state index contributed by atoms with van der Waals surface area (Å²) in [6.45, 7) is 2.68. The Balaban J connectivity index is 1.22. The van der Waals surface area contributed by atoms with Gasteiger partial charge in [0.05, 0.1) is 22.2 Å². The lowest BCUT2D eigenvalue weighted by atomic mass is 9.84. The fourth-order valence-electron chi connectivity index (χ4n) is 5.73. The number of quaternary nitrogens is 1. The van der Waals surface area contributed by atoms with Gasteiger partial charge in [0, 0.05) is 23.6 Å². The molecule has 7 nitrogen and oxygen atoms in total. The summed E-state index contributed by atoms with van der Waals surface area (Å²) in [5.74, 6) is 0.506. The number of ether oxygens (including phenoxy) is 2. The zero-order valence-corrected chi connectivity index (χ0v) is 29.2. The Morgan fingerprint density at radius 3 is 2.67 bits per heavy atom. The van der Waals surface area contributed by atoms with Crippen LogP contribution in [0.4, 0.5) is 0 Å². The Kier molecular flexibility index (Phi) is 12.4. The number of allylic oxidation sites excluding steroid dienone is 5. The molecule has 0 bridgehead atoms. The van der Waals surface area contributed by atoms with Crippen molar-refractivity contribution >= 4 is 52.2 Å². The van der Waals surface area contributed by atoms with Crippen molar-refractivity contribution < 1.29 is 27.8 Å². The van der Waals surface area contributed by atoms with E-state index in [0.29, 0.717) is 34.2 Å². The fourth-order valence-corrected chi connectivity index (χ4v) is 6.82. The number of benzene rings is 2. The third-order valence-electron chi connectivity index (χ3n) is 8.42. The third-order valence-corrected chi connectivity index (χ3v) is 9.63.